The molecule has 88 valence electrons. The van der Waals surface area contributed by atoms with Gasteiger partial charge in [0.25, 0.3) is 0 Å². The third kappa shape index (κ3) is 2.65. The molecule has 0 amide bonds. The fourth-order valence-electron chi connectivity index (χ4n) is 1.81. The highest BCUT2D eigenvalue weighted by Crippen LogP contribution is 2.27. The van der Waals surface area contributed by atoms with Crippen LogP contribution in [0.25, 0.3) is 11.1 Å². The van der Waals surface area contributed by atoms with E-state index >= 15 is 0 Å². The van der Waals surface area contributed by atoms with E-state index in [1.807, 2.05) is 37.4 Å². The van der Waals surface area contributed by atoms with Crippen molar-refractivity contribution < 1.29 is 4.39 Å². The van der Waals surface area contributed by atoms with Gasteiger partial charge in [-0.05, 0) is 35.9 Å². The monoisotopic (exact) mass is 249 g/mol. The molecule has 0 aliphatic rings. The maximum Gasteiger partial charge on any atom is 0.142 e. The Bertz CT molecular complexity index is 525. The van der Waals surface area contributed by atoms with E-state index in [-0.39, 0.29) is 10.8 Å². The lowest BCUT2D eigenvalue weighted by Crippen LogP contribution is -2.06. The number of rotatable bonds is 3. The van der Waals surface area contributed by atoms with Gasteiger partial charge in [0.1, 0.15) is 5.82 Å². The minimum absolute atomic E-state index is 0.153. The molecule has 0 aliphatic heterocycles. The summed E-state index contributed by atoms with van der Waals surface area (Å²) in [5.41, 5.74) is 3.01. The number of benzene rings is 2. The Labute approximate surface area is 105 Å². The van der Waals surface area contributed by atoms with Crippen molar-refractivity contribution in [3.05, 3.63) is 58.9 Å². The summed E-state index contributed by atoms with van der Waals surface area (Å²) in [7, 11) is 1.89. The molecular formula is C14H13ClFN. The first kappa shape index (κ1) is 12.1. The smallest absolute Gasteiger partial charge is 0.142 e. The molecule has 3 heteroatoms. The number of hydrogen-bond acceptors (Lipinski definition) is 1. The molecule has 0 spiro atoms. The van der Waals surface area contributed by atoms with Gasteiger partial charge < -0.3 is 5.32 Å². The zero-order valence-corrected chi connectivity index (χ0v) is 10.3. The SMILES string of the molecule is CNCc1ccccc1-c1ccc(Cl)c(F)c1. The Morgan fingerprint density at radius 1 is 1.18 bits per heavy atom. The highest BCUT2D eigenvalue weighted by atomic mass is 35.5. The first-order valence-electron chi connectivity index (χ1n) is 5.40. The standard InChI is InChI=1S/C14H13ClFN/c1-17-9-11-4-2-3-5-12(11)10-6-7-13(15)14(16)8-10/h2-8,17H,9H2,1H3. The number of halogens is 2. The summed E-state index contributed by atoms with van der Waals surface area (Å²) >= 11 is 5.68. The summed E-state index contributed by atoms with van der Waals surface area (Å²) in [6, 6.07) is 12.8. The van der Waals surface area contributed by atoms with Gasteiger partial charge in [0.15, 0.2) is 0 Å². The molecule has 17 heavy (non-hydrogen) atoms. The molecule has 0 bridgehead atoms. The van der Waals surface area contributed by atoms with Crippen molar-refractivity contribution in [1.82, 2.24) is 5.32 Å². The normalized spacial score (nSPS) is 10.5. The Morgan fingerprint density at radius 2 is 1.94 bits per heavy atom. The molecule has 0 saturated heterocycles. The van der Waals surface area contributed by atoms with Crippen molar-refractivity contribution in [1.29, 1.82) is 0 Å². The van der Waals surface area contributed by atoms with Gasteiger partial charge in [0, 0.05) is 6.54 Å². The summed E-state index contributed by atoms with van der Waals surface area (Å²) in [5, 5.41) is 3.25. The summed E-state index contributed by atoms with van der Waals surface area (Å²) in [6.45, 7) is 0.750. The minimum Gasteiger partial charge on any atom is -0.316 e. The molecule has 1 N–H and O–H groups in total. The predicted octanol–water partition coefficient (Wildman–Crippen LogP) is 3.87. The second-order valence-corrected chi connectivity index (χ2v) is 4.22. The third-order valence-corrected chi connectivity index (χ3v) is 2.92. The van der Waals surface area contributed by atoms with E-state index in [4.69, 9.17) is 11.6 Å². The molecular weight excluding hydrogens is 237 g/mol. The maximum absolute atomic E-state index is 13.4. The molecule has 0 aliphatic carbocycles. The summed E-state index contributed by atoms with van der Waals surface area (Å²) in [5.74, 6) is -0.386. The van der Waals surface area contributed by atoms with Crippen LogP contribution < -0.4 is 5.32 Å². The zero-order chi connectivity index (χ0) is 12.3. The highest BCUT2D eigenvalue weighted by molar-refractivity contribution is 6.30. The van der Waals surface area contributed by atoms with Crippen molar-refractivity contribution >= 4 is 11.6 Å². The van der Waals surface area contributed by atoms with E-state index in [2.05, 4.69) is 5.32 Å². The van der Waals surface area contributed by atoms with E-state index in [0.29, 0.717) is 0 Å². The van der Waals surface area contributed by atoms with Crippen molar-refractivity contribution in [3.63, 3.8) is 0 Å². The van der Waals surface area contributed by atoms with Crippen molar-refractivity contribution in [2.45, 2.75) is 6.54 Å². The van der Waals surface area contributed by atoms with Gasteiger partial charge in [0.2, 0.25) is 0 Å². The second kappa shape index (κ2) is 5.30. The van der Waals surface area contributed by atoms with Crippen LogP contribution in [-0.4, -0.2) is 7.05 Å². The van der Waals surface area contributed by atoms with Crippen LogP contribution in [0.4, 0.5) is 4.39 Å². The van der Waals surface area contributed by atoms with Gasteiger partial charge >= 0.3 is 0 Å². The lowest BCUT2D eigenvalue weighted by Gasteiger charge is -2.09. The molecule has 0 heterocycles. The molecule has 2 aromatic carbocycles. The average molecular weight is 250 g/mol. The first-order chi connectivity index (χ1) is 8.22. The summed E-state index contributed by atoms with van der Waals surface area (Å²) in [6.07, 6.45) is 0. The third-order valence-electron chi connectivity index (χ3n) is 2.62. The topological polar surface area (TPSA) is 12.0 Å². The van der Waals surface area contributed by atoms with Crippen LogP contribution in [0.3, 0.4) is 0 Å². The van der Waals surface area contributed by atoms with Gasteiger partial charge in [0.05, 0.1) is 5.02 Å². The van der Waals surface area contributed by atoms with Crippen molar-refractivity contribution in [2.75, 3.05) is 7.05 Å². The molecule has 2 aromatic rings. The number of nitrogens with one attached hydrogen (secondary N) is 1. The van der Waals surface area contributed by atoms with Gasteiger partial charge in [-0.2, -0.15) is 0 Å². The van der Waals surface area contributed by atoms with Gasteiger partial charge in [-0.3, -0.25) is 0 Å². The Kier molecular flexibility index (Phi) is 3.77. The summed E-state index contributed by atoms with van der Waals surface area (Å²) in [4.78, 5) is 0. The molecule has 0 radical (unpaired) electrons. The predicted molar refractivity (Wildman–Crippen MR) is 69.6 cm³/mol. The van der Waals surface area contributed by atoms with Gasteiger partial charge in [-0.1, -0.05) is 41.9 Å². The molecule has 0 unspecified atom stereocenters. The second-order valence-electron chi connectivity index (χ2n) is 3.82. The average Bonchev–Trinajstić information content (AvgIpc) is 2.34. The Balaban J connectivity index is 2.48. The zero-order valence-electron chi connectivity index (χ0n) is 9.50. The molecule has 0 aromatic heterocycles. The van der Waals surface area contributed by atoms with Crippen molar-refractivity contribution in [2.24, 2.45) is 0 Å². The van der Waals surface area contributed by atoms with Crippen LogP contribution in [0.2, 0.25) is 5.02 Å². The van der Waals surface area contributed by atoms with Crippen LogP contribution >= 0.6 is 11.6 Å². The molecule has 2 rings (SSSR count). The quantitative estimate of drug-likeness (QED) is 0.871. The maximum atomic E-state index is 13.4. The van der Waals surface area contributed by atoms with Crippen LogP contribution in [-0.2, 0) is 6.54 Å². The fraction of sp³-hybridized carbons (Fsp3) is 0.143. The molecule has 0 saturated carbocycles. The lowest BCUT2D eigenvalue weighted by molar-refractivity contribution is 0.629. The molecule has 1 nitrogen and oxygen atoms in total. The number of hydrogen-bond donors (Lipinski definition) is 1. The fourth-order valence-corrected chi connectivity index (χ4v) is 1.93. The lowest BCUT2D eigenvalue weighted by atomic mass is 9.99. The van der Waals surface area contributed by atoms with E-state index in [0.717, 1.165) is 23.2 Å². The summed E-state index contributed by atoms with van der Waals surface area (Å²) < 4.78 is 13.4. The minimum atomic E-state index is -0.386. The highest BCUT2D eigenvalue weighted by Gasteiger charge is 2.06. The van der Waals surface area contributed by atoms with Gasteiger partial charge in [-0.25, -0.2) is 4.39 Å². The van der Waals surface area contributed by atoms with E-state index in [9.17, 15) is 4.39 Å². The van der Waals surface area contributed by atoms with E-state index in [1.165, 1.54) is 6.07 Å². The van der Waals surface area contributed by atoms with E-state index in [1.54, 1.807) is 6.07 Å². The molecule has 0 atom stereocenters. The van der Waals surface area contributed by atoms with Crippen LogP contribution in [0, 0.1) is 5.82 Å². The van der Waals surface area contributed by atoms with Crippen LogP contribution in [0.5, 0.6) is 0 Å². The van der Waals surface area contributed by atoms with Crippen LogP contribution in [0.15, 0.2) is 42.5 Å². The van der Waals surface area contributed by atoms with E-state index < -0.39 is 0 Å². The van der Waals surface area contributed by atoms with Gasteiger partial charge in [-0.15, -0.1) is 0 Å². The van der Waals surface area contributed by atoms with Crippen LogP contribution in [0.1, 0.15) is 5.56 Å². The van der Waals surface area contributed by atoms with Crippen molar-refractivity contribution in [3.8, 4) is 11.1 Å². The Hall–Kier alpha value is -1.38. The Morgan fingerprint density at radius 3 is 2.65 bits per heavy atom. The largest absolute Gasteiger partial charge is 0.316 e. The molecule has 0 fully saturated rings. The first-order valence-corrected chi connectivity index (χ1v) is 5.78.